The molecule has 0 unspecified atom stereocenters. The molecule has 0 saturated heterocycles. The minimum absolute atomic E-state index is 0.0593. The van der Waals surface area contributed by atoms with Gasteiger partial charge in [-0.2, -0.15) is 5.26 Å². The van der Waals surface area contributed by atoms with Gasteiger partial charge in [-0.3, -0.25) is 10.2 Å². The number of rotatable bonds is 7. The number of halogens is 1. The van der Waals surface area contributed by atoms with E-state index in [9.17, 15) is 22.9 Å². The van der Waals surface area contributed by atoms with Crippen LogP contribution in [0.1, 0.15) is 5.56 Å². The van der Waals surface area contributed by atoms with Crippen LogP contribution in [-0.2, 0) is 14.8 Å². The number of hydrogen-bond acceptors (Lipinski definition) is 7. The molecule has 33 heavy (non-hydrogen) atoms. The van der Waals surface area contributed by atoms with E-state index in [0.29, 0.717) is 22.4 Å². The maximum Gasteiger partial charge on any atom is 0.272 e. The molecule has 9 nitrogen and oxygen atoms in total. The van der Waals surface area contributed by atoms with E-state index in [1.54, 1.807) is 14.1 Å². The molecule has 11 heteroatoms. The molecule has 0 fully saturated rings. The van der Waals surface area contributed by atoms with Gasteiger partial charge in [0.15, 0.2) is 6.61 Å². The average Bonchev–Trinajstić information content (AvgIpc) is 2.76. The molecule has 0 aliphatic heterocycles. The number of pyridine rings is 1. The van der Waals surface area contributed by atoms with E-state index in [0.717, 1.165) is 0 Å². The number of hydrazine groups is 1. The quantitative estimate of drug-likeness (QED) is 0.505. The zero-order valence-electron chi connectivity index (χ0n) is 17.7. The standard InChI is InChI=1S/C22H20FN5O4S/c1-28(2)27-20(29)13-32-22-16(12-24)11-19(14-5-9-18(10-6-14)33(25,30)31)21(26-22)15-3-7-17(23)8-4-15/h3-11H,13H2,1-2H3,(H,27,29)(H2,25,30,31). The van der Waals surface area contributed by atoms with E-state index in [1.807, 2.05) is 6.07 Å². The first-order chi connectivity index (χ1) is 15.6. The number of aromatic nitrogens is 1. The van der Waals surface area contributed by atoms with Crippen LogP contribution in [0.15, 0.2) is 59.5 Å². The van der Waals surface area contributed by atoms with Crippen molar-refractivity contribution in [3.05, 3.63) is 66.0 Å². The summed E-state index contributed by atoms with van der Waals surface area (Å²) in [6.45, 7) is -0.384. The summed E-state index contributed by atoms with van der Waals surface area (Å²) in [4.78, 5) is 16.3. The van der Waals surface area contributed by atoms with Crippen LogP contribution in [0.5, 0.6) is 5.88 Å². The fraction of sp³-hybridized carbons (Fsp3) is 0.136. The van der Waals surface area contributed by atoms with Gasteiger partial charge in [-0.25, -0.2) is 27.9 Å². The fourth-order valence-corrected chi connectivity index (χ4v) is 3.49. The van der Waals surface area contributed by atoms with Crippen molar-refractivity contribution < 1.29 is 22.3 Å². The average molecular weight is 469 g/mol. The van der Waals surface area contributed by atoms with Gasteiger partial charge in [-0.1, -0.05) is 12.1 Å². The van der Waals surface area contributed by atoms with Crippen molar-refractivity contribution in [3.63, 3.8) is 0 Å². The van der Waals surface area contributed by atoms with Crippen LogP contribution >= 0.6 is 0 Å². The lowest BCUT2D eigenvalue weighted by Gasteiger charge is -2.15. The van der Waals surface area contributed by atoms with Gasteiger partial charge >= 0.3 is 0 Å². The summed E-state index contributed by atoms with van der Waals surface area (Å²) in [5.41, 5.74) is 4.46. The maximum absolute atomic E-state index is 13.5. The molecule has 1 heterocycles. The van der Waals surface area contributed by atoms with E-state index in [4.69, 9.17) is 9.88 Å². The van der Waals surface area contributed by atoms with Crippen LogP contribution in [0.2, 0.25) is 0 Å². The minimum Gasteiger partial charge on any atom is -0.467 e. The first-order valence-corrected chi connectivity index (χ1v) is 11.1. The molecule has 3 N–H and O–H groups in total. The summed E-state index contributed by atoms with van der Waals surface area (Å²) in [6.07, 6.45) is 0. The molecule has 3 aromatic rings. The van der Waals surface area contributed by atoms with E-state index < -0.39 is 21.7 Å². The molecule has 0 atom stereocenters. The summed E-state index contributed by atoms with van der Waals surface area (Å²) < 4.78 is 42.1. The Morgan fingerprint density at radius 1 is 1.15 bits per heavy atom. The molecule has 0 radical (unpaired) electrons. The highest BCUT2D eigenvalue weighted by atomic mass is 32.2. The maximum atomic E-state index is 13.5. The number of benzene rings is 2. The van der Waals surface area contributed by atoms with Crippen LogP contribution in [0, 0.1) is 17.1 Å². The second-order valence-electron chi connectivity index (χ2n) is 7.14. The molecule has 0 aliphatic rings. The molecular weight excluding hydrogens is 449 g/mol. The number of hydrogen-bond donors (Lipinski definition) is 2. The molecule has 170 valence electrons. The fourth-order valence-electron chi connectivity index (χ4n) is 2.97. The first-order valence-electron chi connectivity index (χ1n) is 9.52. The van der Waals surface area contributed by atoms with E-state index in [2.05, 4.69) is 10.4 Å². The molecule has 2 aromatic carbocycles. The number of amides is 1. The minimum atomic E-state index is -3.88. The smallest absolute Gasteiger partial charge is 0.272 e. The van der Waals surface area contributed by atoms with E-state index >= 15 is 0 Å². The Morgan fingerprint density at radius 3 is 2.30 bits per heavy atom. The third kappa shape index (κ3) is 5.89. The number of sulfonamides is 1. The molecular formula is C22H20FN5O4S. The zero-order valence-corrected chi connectivity index (χ0v) is 18.6. The number of nitrogens with two attached hydrogens (primary N) is 1. The van der Waals surface area contributed by atoms with Gasteiger partial charge in [0, 0.05) is 25.2 Å². The summed E-state index contributed by atoms with van der Waals surface area (Å²) in [5.74, 6) is -0.962. The van der Waals surface area contributed by atoms with Crippen LogP contribution < -0.4 is 15.3 Å². The molecule has 0 aliphatic carbocycles. The largest absolute Gasteiger partial charge is 0.467 e. The second-order valence-corrected chi connectivity index (χ2v) is 8.70. The number of carbonyl (C=O) groups excluding carboxylic acids is 1. The zero-order chi connectivity index (χ0) is 24.2. The highest BCUT2D eigenvalue weighted by molar-refractivity contribution is 7.89. The van der Waals surface area contributed by atoms with Crippen molar-refractivity contribution in [2.24, 2.45) is 5.14 Å². The number of nitriles is 1. The molecule has 0 spiro atoms. The number of primary sulfonamides is 1. The first kappa shape index (κ1) is 23.8. The molecule has 3 rings (SSSR count). The predicted molar refractivity (Wildman–Crippen MR) is 118 cm³/mol. The lowest BCUT2D eigenvalue weighted by Crippen LogP contribution is -2.39. The van der Waals surface area contributed by atoms with Gasteiger partial charge in [0.1, 0.15) is 17.4 Å². The van der Waals surface area contributed by atoms with Gasteiger partial charge in [0.2, 0.25) is 15.9 Å². The van der Waals surface area contributed by atoms with Crippen molar-refractivity contribution in [1.82, 2.24) is 15.4 Å². The molecule has 1 aromatic heterocycles. The van der Waals surface area contributed by atoms with Crippen LogP contribution in [-0.4, -0.2) is 45.0 Å². The molecule has 0 saturated carbocycles. The normalized spacial score (nSPS) is 11.2. The Labute approximate surface area is 190 Å². The van der Waals surface area contributed by atoms with Gasteiger partial charge in [0.25, 0.3) is 5.91 Å². The SMILES string of the molecule is CN(C)NC(=O)COc1nc(-c2ccc(F)cc2)c(-c2ccc(S(N)(=O)=O)cc2)cc1C#N. The third-order valence-electron chi connectivity index (χ3n) is 4.41. The number of carbonyl (C=O) groups is 1. The van der Waals surface area contributed by atoms with E-state index in [1.165, 1.54) is 59.6 Å². The predicted octanol–water partition coefficient (Wildman–Crippen LogP) is 2.05. The lowest BCUT2D eigenvalue weighted by atomic mass is 9.98. The summed E-state index contributed by atoms with van der Waals surface area (Å²) in [6, 6.07) is 14.7. The van der Waals surface area contributed by atoms with Crippen molar-refractivity contribution in [2.75, 3.05) is 20.7 Å². The van der Waals surface area contributed by atoms with Crippen molar-refractivity contribution >= 4 is 15.9 Å². The Bertz CT molecular complexity index is 1320. The van der Waals surface area contributed by atoms with Crippen molar-refractivity contribution in [1.29, 1.82) is 5.26 Å². The van der Waals surface area contributed by atoms with E-state index in [-0.39, 0.29) is 22.9 Å². The lowest BCUT2D eigenvalue weighted by molar-refractivity contribution is -0.126. The Kier molecular flexibility index (Phi) is 7.03. The Hall–Kier alpha value is -3.85. The topological polar surface area (TPSA) is 138 Å². The highest BCUT2D eigenvalue weighted by Crippen LogP contribution is 2.35. The number of nitrogens with one attached hydrogen (secondary N) is 1. The molecule has 0 bridgehead atoms. The van der Waals surface area contributed by atoms with Gasteiger partial charge in [-0.15, -0.1) is 0 Å². The summed E-state index contributed by atoms with van der Waals surface area (Å²) in [7, 11) is -0.607. The Morgan fingerprint density at radius 2 is 1.76 bits per heavy atom. The summed E-state index contributed by atoms with van der Waals surface area (Å²) in [5, 5.41) is 16.2. The van der Waals surface area contributed by atoms with Gasteiger partial charge in [0.05, 0.1) is 10.6 Å². The molecule has 1 amide bonds. The van der Waals surface area contributed by atoms with Crippen molar-refractivity contribution in [3.8, 4) is 34.3 Å². The van der Waals surface area contributed by atoms with Crippen LogP contribution in [0.3, 0.4) is 0 Å². The van der Waals surface area contributed by atoms with Gasteiger partial charge in [-0.05, 0) is 48.0 Å². The van der Waals surface area contributed by atoms with Crippen LogP contribution in [0.25, 0.3) is 22.4 Å². The third-order valence-corrected chi connectivity index (χ3v) is 5.34. The monoisotopic (exact) mass is 469 g/mol. The van der Waals surface area contributed by atoms with Crippen LogP contribution in [0.4, 0.5) is 4.39 Å². The number of nitrogens with zero attached hydrogens (tertiary/aromatic N) is 3. The second kappa shape index (κ2) is 9.74. The Balaban J connectivity index is 2.11. The van der Waals surface area contributed by atoms with Gasteiger partial charge < -0.3 is 4.74 Å². The summed E-state index contributed by atoms with van der Waals surface area (Å²) >= 11 is 0. The number of ether oxygens (including phenoxy) is 1. The highest BCUT2D eigenvalue weighted by Gasteiger charge is 2.18. The van der Waals surface area contributed by atoms with Crippen molar-refractivity contribution in [2.45, 2.75) is 4.90 Å².